The van der Waals surface area contributed by atoms with E-state index in [2.05, 4.69) is 19.1 Å². The van der Waals surface area contributed by atoms with Crippen LogP contribution in [0.2, 0.25) is 0 Å². The van der Waals surface area contributed by atoms with E-state index in [4.69, 9.17) is 0 Å². The van der Waals surface area contributed by atoms with E-state index >= 15 is 0 Å². The Morgan fingerprint density at radius 1 is 1.60 bits per heavy atom. The van der Waals surface area contributed by atoms with Crippen molar-refractivity contribution in [1.82, 2.24) is 0 Å². The van der Waals surface area contributed by atoms with Crippen LogP contribution in [0, 0.1) is 13.0 Å². The third-order valence-electron chi connectivity index (χ3n) is 0.822. The summed E-state index contributed by atoms with van der Waals surface area (Å²) < 4.78 is 0. The zero-order valence-corrected chi connectivity index (χ0v) is 8.39. The molecule has 1 aliphatic rings. The van der Waals surface area contributed by atoms with Crippen molar-refractivity contribution >= 4 is 0 Å². The molecule has 0 saturated heterocycles. The van der Waals surface area contributed by atoms with E-state index in [9.17, 15) is 0 Å². The molecular weight excluding hydrogens is 303 g/mol. The number of hydrogen-bond donors (Lipinski definition) is 0. The summed E-state index contributed by atoms with van der Waals surface area (Å²) in [5.41, 5.74) is 0. The summed E-state index contributed by atoms with van der Waals surface area (Å²) in [6.45, 7) is 5.36. The second-order valence-corrected chi connectivity index (χ2v) is 1.57. The standard InChI is InChI=1S/C5H5.C4H7.Pt/c1-2-4-5-3-1;1-3-4-2;/h1-3H,4H2;3-4H,1H2,2H3;/q2*-1;+2. The Labute approximate surface area is 78.0 Å². The smallest absolute Gasteiger partial charge is 0.273 e. The summed E-state index contributed by atoms with van der Waals surface area (Å²) in [6.07, 6.45) is 13.6. The van der Waals surface area contributed by atoms with Gasteiger partial charge in [-0.3, -0.25) is 6.08 Å². The van der Waals surface area contributed by atoms with Crippen molar-refractivity contribution in [2.75, 3.05) is 0 Å². The Balaban J connectivity index is 0. The molecule has 1 rings (SSSR count). The summed E-state index contributed by atoms with van der Waals surface area (Å²) in [5.74, 6) is 0. The van der Waals surface area contributed by atoms with Gasteiger partial charge in [-0.05, 0) is 0 Å². The normalized spacial score (nSPS) is 12.5. The molecule has 1 aliphatic carbocycles. The molecule has 0 N–H and O–H groups in total. The Bertz CT molecular complexity index is 107. The fourth-order valence-corrected chi connectivity index (χ4v) is 0.340. The largest absolute Gasteiger partial charge is 2.00 e. The summed E-state index contributed by atoms with van der Waals surface area (Å²) in [7, 11) is 0. The van der Waals surface area contributed by atoms with E-state index in [1.165, 1.54) is 0 Å². The Hall–Kier alpha value is -0.222. The fourth-order valence-electron chi connectivity index (χ4n) is 0.340. The monoisotopic (exact) mass is 315 g/mol. The molecule has 0 radical (unpaired) electrons. The maximum absolute atomic E-state index is 3.42. The van der Waals surface area contributed by atoms with Gasteiger partial charge in [-0.15, -0.1) is 13.3 Å². The summed E-state index contributed by atoms with van der Waals surface area (Å²) in [4.78, 5) is 0. The van der Waals surface area contributed by atoms with E-state index < -0.39 is 0 Å². The van der Waals surface area contributed by atoms with Crippen molar-refractivity contribution in [2.24, 2.45) is 0 Å². The minimum Gasteiger partial charge on any atom is -0.273 e. The van der Waals surface area contributed by atoms with Crippen molar-refractivity contribution in [3.8, 4) is 0 Å². The van der Waals surface area contributed by atoms with Gasteiger partial charge in [0, 0.05) is 0 Å². The van der Waals surface area contributed by atoms with Crippen molar-refractivity contribution in [3.05, 3.63) is 43.4 Å². The third kappa shape index (κ3) is 10.7. The zero-order valence-electron chi connectivity index (χ0n) is 6.12. The first kappa shape index (κ1) is 12.5. The van der Waals surface area contributed by atoms with Crippen molar-refractivity contribution in [2.45, 2.75) is 13.3 Å². The summed E-state index contributed by atoms with van der Waals surface area (Å²) in [5, 5.41) is 0. The quantitative estimate of drug-likeness (QED) is 0.603. The van der Waals surface area contributed by atoms with E-state index in [1.54, 1.807) is 6.08 Å². The Morgan fingerprint density at radius 3 is 2.30 bits per heavy atom. The molecule has 0 amide bonds. The van der Waals surface area contributed by atoms with Gasteiger partial charge < -0.3 is 0 Å². The van der Waals surface area contributed by atoms with Gasteiger partial charge in [-0.25, -0.2) is 31.2 Å². The molecule has 0 nitrogen and oxygen atoms in total. The Morgan fingerprint density at radius 2 is 2.20 bits per heavy atom. The fraction of sp³-hybridized carbons (Fsp3) is 0.222. The van der Waals surface area contributed by atoms with E-state index in [0.717, 1.165) is 6.42 Å². The average Bonchev–Trinajstić information content (AvgIpc) is 2.43. The van der Waals surface area contributed by atoms with Crippen LogP contribution in [0.25, 0.3) is 0 Å². The molecule has 10 heavy (non-hydrogen) atoms. The topological polar surface area (TPSA) is 0 Å². The van der Waals surface area contributed by atoms with Crippen molar-refractivity contribution in [1.29, 1.82) is 0 Å². The van der Waals surface area contributed by atoms with Crippen LogP contribution in [0.1, 0.15) is 13.3 Å². The summed E-state index contributed by atoms with van der Waals surface area (Å²) in [6, 6.07) is 0. The van der Waals surface area contributed by atoms with Gasteiger partial charge in [0.05, 0.1) is 0 Å². The molecule has 0 aromatic heterocycles. The minimum absolute atomic E-state index is 0. The second kappa shape index (κ2) is 11.6. The van der Waals surface area contributed by atoms with Crippen LogP contribution in [0.4, 0.5) is 0 Å². The maximum Gasteiger partial charge on any atom is 2.00 e. The van der Waals surface area contributed by atoms with Gasteiger partial charge in [-0.1, -0.05) is 0 Å². The maximum atomic E-state index is 3.42. The van der Waals surface area contributed by atoms with E-state index in [1.807, 2.05) is 25.2 Å². The Kier molecular flexibility index (Phi) is 14.4. The molecule has 0 fully saturated rings. The number of hydrogen-bond acceptors (Lipinski definition) is 0. The molecule has 0 heterocycles. The number of allylic oxidation sites excluding steroid dienone is 6. The van der Waals surface area contributed by atoms with Crippen LogP contribution in [0.15, 0.2) is 30.4 Å². The average molecular weight is 315 g/mol. The zero-order chi connectivity index (χ0) is 6.95. The van der Waals surface area contributed by atoms with Crippen molar-refractivity contribution < 1.29 is 21.1 Å². The first-order valence-corrected chi connectivity index (χ1v) is 3.04. The van der Waals surface area contributed by atoms with Gasteiger partial charge in [0.1, 0.15) is 0 Å². The molecule has 58 valence electrons. The van der Waals surface area contributed by atoms with Gasteiger partial charge in [0.2, 0.25) is 0 Å². The SMILES string of the molecule is [C-]1=CC=CC1.[CH2-]C=CC.[Pt+2]. The molecule has 1 heteroatoms. The van der Waals surface area contributed by atoms with Gasteiger partial charge in [0.25, 0.3) is 0 Å². The van der Waals surface area contributed by atoms with Crippen LogP contribution in [0.5, 0.6) is 0 Å². The first-order valence-electron chi connectivity index (χ1n) is 3.04. The predicted molar refractivity (Wildman–Crippen MR) is 41.7 cm³/mol. The molecule has 0 saturated carbocycles. The molecule has 0 aliphatic heterocycles. The van der Waals surface area contributed by atoms with Crippen LogP contribution in [0.3, 0.4) is 0 Å². The van der Waals surface area contributed by atoms with E-state index in [0.29, 0.717) is 0 Å². The molecular formula is C9H12Pt. The molecule has 0 aromatic rings. The molecule has 0 aromatic carbocycles. The van der Waals surface area contributed by atoms with Crippen molar-refractivity contribution in [3.63, 3.8) is 0 Å². The first-order chi connectivity index (χ1) is 4.41. The minimum atomic E-state index is 0. The van der Waals surface area contributed by atoms with Gasteiger partial charge in [-0.2, -0.15) is 6.08 Å². The predicted octanol–water partition coefficient (Wildman–Crippen LogP) is 2.70. The third-order valence-corrected chi connectivity index (χ3v) is 0.822. The van der Waals surface area contributed by atoms with Crippen LogP contribution < -0.4 is 0 Å². The number of rotatable bonds is 0. The molecule has 0 bridgehead atoms. The van der Waals surface area contributed by atoms with Gasteiger partial charge >= 0.3 is 21.1 Å². The molecule has 0 atom stereocenters. The second-order valence-electron chi connectivity index (χ2n) is 1.57. The molecule has 0 spiro atoms. The van der Waals surface area contributed by atoms with Crippen LogP contribution in [-0.4, -0.2) is 0 Å². The van der Waals surface area contributed by atoms with Crippen LogP contribution in [-0.2, 0) is 21.1 Å². The van der Waals surface area contributed by atoms with Crippen LogP contribution >= 0.6 is 0 Å². The molecule has 0 unspecified atom stereocenters. The van der Waals surface area contributed by atoms with Gasteiger partial charge in [0.15, 0.2) is 0 Å². The van der Waals surface area contributed by atoms with E-state index in [-0.39, 0.29) is 21.1 Å². The summed E-state index contributed by atoms with van der Waals surface area (Å²) >= 11 is 0.